The Morgan fingerprint density at radius 3 is 2.80 bits per heavy atom. The summed E-state index contributed by atoms with van der Waals surface area (Å²) in [6, 6.07) is 6.08. The van der Waals surface area contributed by atoms with Crippen LogP contribution in [0.1, 0.15) is 28.3 Å². The molecule has 0 aliphatic carbocycles. The van der Waals surface area contributed by atoms with E-state index < -0.39 is 11.7 Å². The highest BCUT2D eigenvalue weighted by Crippen LogP contribution is 2.21. The molecular formula is C18H18FN5O. The summed E-state index contributed by atoms with van der Waals surface area (Å²) in [4.78, 5) is 22.4. The molecule has 2 aromatic rings. The molecule has 0 spiro atoms. The number of nitrogens with one attached hydrogen (secondary N) is 1. The second-order valence-electron chi connectivity index (χ2n) is 6.14. The molecule has 25 heavy (non-hydrogen) atoms. The molecule has 1 saturated heterocycles. The van der Waals surface area contributed by atoms with Gasteiger partial charge >= 0.3 is 0 Å². The zero-order valence-electron chi connectivity index (χ0n) is 14.1. The molecule has 3 rings (SSSR count). The summed E-state index contributed by atoms with van der Waals surface area (Å²) in [7, 11) is 0. The summed E-state index contributed by atoms with van der Waals surface area (Å²) in [5.74, 6) is -0.455. The molecule has 1 aromatic carbocycles. The highest BCUT2D eigenvalue weighted by atomic mass is 19.1. The van der Waals surface area contributed by atoms with Crippen LogP contribution < -0.4 is 5.32 Å². The van der Waals surface area contributed by atoms with Crippen LogP contribution in [0.4, 0.5) is 4.39 Å². The standard InChI is InChI=1S/C18H18FN5O/c1-11-7-17(22-12(2)21-11)13-3-4-15(16(19)8-13)18(25)23-14-5-6-24(9-14)10-20/h3-4,7-8,14H,5-6,9H2,1-2H3,(H,23,25). The number of carbonyl (C=O) groups is 1. The number of aryl methyl sites for hydroxylation is 2. The predicted octanol–water partition coefficient (Wildman–Crippen LogP) is 2.18. The van der Waals surface area contributed by atoms with E-state index in [9.17, 15) is 9.18 Å². The van der Waals surface area contributed by atoms with Crippen molar-refractivity contribution >= 4 is 5.91 Å². The van der Waals surface area contributed by atoms with E-state index in [0.29, 0.717) is 36.6 Å². The maximum absolute atomic E-state index is 14.4. The van der Waals surface area contributed by atoms with Crippen LogP contribution in [-0.2, 0) is 0 Å². The fraction of sp³-hybridized carbons (Fsp3) is 0.333. The minimum atomic E-state index is -0.598. The highest BCUT2D eigenvalue weighted by Gasteiger charge is 2.24. The molecule has 7 heteroatoms. The Morgan fingerprint density at radius 2 is 2.16 bits per heavy atom. The lowest BCUT2D eigenvalue weighted by Crippen LogP contribution is -2.36. The van der Waals surface area contributed by atoms with Crippen LogP contribution in [-0.4, -0.2) is 39.9 Å². The Labute approximate surface area is 145 Å². The number of hydrogen-bond acceptors (Lipinski definition) is 5. The fourth-order valence-corrected chi connectivity index (χ4v) is 2.96. The average Bonchev–Trinajstić information content (AvgIpc) is 3.01. The van der Waals surface area contributed by atoms with E-state index in [1.165, 1.54) is 12.1 Å². The molecule has 6 nitrogen and oxygen atoms in total. The van der Waals surface area contributed by atoms with Crippen molar-refractivity contribution < 1.29 is 9.18 Å². The first kappa shape index (κ1) is 16.8. The van der Waals surface area contributed by atoms with Gasteiger partial charge in [0.05, 0.1) is 11.3 Å². The van der Waals surface area contributed by atoms with Gasteiger partial charge in [-0.25, -0.2) is 14.4 Å². The van der Waals surface area contributed by atoms with Gasteiger partial charge < -0.3 is 10.2 Å². The Morgan fingerprint density at radius 1 is 1.36 bits per heavy atom. The van der Waals surface area contributed by atoms with Crippen molar-refractivity contribution in [3.63, 3.8) is 0 Å². The van der Waals surface area contributed by atoms with Crippen LogP contribution in [0.5, 0.6) is 0 Å². The number of likely N-dealkylation sites (tertiary alicyclic amines) is 1. The van der Waals surface area contributed by atoms with Crippen molar-refractivity contribution in [2.75, 3.05) is 13.1 Å². The van der Waals surface area contributed by atoms with Gasteiger partial charge in [0.25, 0.3) is 5.91 Å². The number of halogens is 1. The first-order valence-corrected chi connectivity index (χ1v) is 8.04. The molecule has 0 bridgehead atoms. The molecule has 1 aliphatic rings. The Hall–Kier alpha value is -3.01. The van der Waals surface area contributed by atoms with Gasteiger partial charge in [0.15, 0.2) is 6.19 Å². The molecule has 1 unspecified atom stereocenters. The van der Waals surface area contributed by atoms with Crippen LogP contribution in [0.25, 0.3) is 11.3 Å². The smallest absolute Gasteiger partial charge is 0.254 e. The summed E-state index contributed by atoms with van der Waals surface area (Å²) in [6.45, 7) is 4.69. The predicted molar refractivity (Wildman–Crippen MR) is 90.0 cm³/mol. The third-order valence-corrected chi connectivity index (χ3v) is 4.14. The van der Waals surface area contributed by atoms with Gasteiger partial charge in [0.2, 0.25) is 0 Å². The number of aromatic nitrogens is 2. The van der Waals surface area contributed by atoms with Gasteiger partial charge in [-0.3, -0.25) is 4.79 Å². The molecule has 1 atom stereocenters. The fourth-order valence-electron chi connectivity index (χ4n) is 2.96. The van der Waals surface area contributed by atoms with E-state index in [4.69, 9.17) is 5.26 Å². The van der Waals surface area contributed by atoms with Gasteiger partial charge in [-0.1, -0.05) is 6.07 Å². The summed E-state index contributed by atoms with van der Waals surface area (Å²) in [5.41, 5.74) is 2.00. The Kier molecular flexibility index (Phi) is 4.61. The lowest BCUT2D eigenvalue weighted by Gasteiger charge is -2.13. The van der Waals surface area contributed by atoms with Crippen molar-refractivity contribution in [1.29, 1.82) is 5.26 Å². The molecule has 1 aliphatic heterocycles. The van der Waals surface area contributed by atoms with E-state index in [1.54, 1.807) is 24.0 Å². The number of amides is 1. The SMILES string of the molecule is Cc1cc(-c2ccc(C(=O)NC3CCN(C#N)C3)c(F)c2)nc(C)n1. The third kappa shape index (κ3) is 3.74. The molecule has 1 aromatic heterocycles. The Bertz CT molecular complexity index is 841. The number of nitriles is 1. The third-order valence-electron chi connectivity index (χ3n) is 4.14. The summed E-state index contributed by atoms with van der Waals surface area (Å²) in [5, 5.41) is 11.6. The van der Waals surface area contributed by atoms with E-state index in [-0.39, 0.29) is 11.6 Å². The zero-order chi connectivity index (χ0) is 18.0. The molecule has 1 N–H and O–H groups in total. The molecular weight excluding hydrogens is 321 g/mol. The van der Waals surface area contributed by atoms with Crippen molar-refractivity contribution in [2.45, 2.75) is 26.3 Å². The van der Waals surface area contributed by atoms with Crippen molar-refractivity contribution in [2.24, 2.45) is 0 Å². The molecule has 1 fully saturated rings. The average molecular weight is 339 g/mol. The number of benzene rings is 1. The minimum Gasteiger partial charge on any atom is -0.347 e. The lowest BCUT2D eigenvalue weighted by atomic mass is 10.1. The van der Waals surface area contributed by atoms with Crippen LogP contribution >= 0.6 is 0 Å². The largest absolute Gasteiger partial charge is 0.347 e. The minimum absolute atomic E-state index is 0.0124. The monoisotopic (exact) mass is 339 g/mol. The van der Waals surface area contributed by atoms with Gasteiger partial charge in [-0.15, -0.1) is 0 Å². The van der Waals surface area contributed by atoms with Crippen molar-refractivity contribution in [3.05, 3.63) is 47.2 Å². The summed E-state index contributed by atoms with van der Waals surface area (Å²) in [6.07, 6.45) is 2.73. The lowest BCUT2D eigenvalue weighted by molar-refractivity contribution is 0.0935. The van der Waals surface area contributed by atoms with Crippen LogP contribution in [0.15, 0.2) is 24.3 Å². The molecule has 0 saturated carbocycles. The highest BCUT2D eigenvalue weighted by molar-refractivity contribution is 5.95. The summed E-state index contributed by atoms with van der Waals surface area (Å²) < 4.78 is 14.4. The van der Waals surface area contributed by atoms with E-state index in [1.807, 2.05) is 13.1 Å². The first-order chi connectivity index (χ1) is 12.0. The van der Waals surface area contributed by atoms with E-state index in [0.717, 1.165) is 5.69 Å². The van der Waals surface area contributed by atoms with Crippen LogP contribution in [0.2, 0.25) is 0 Å². The molecule has 2 heterocycles. The maximum Gasteiger partial charge on any atom is 0.254 e. The van der Waals surface area contributed by atoms with Crippen molar-refractivity contribution in [3.8, 4) is 17.5 Å². The van der Waals surface area contributed by atoms with Crippen LogP contribution in [0, 0.1) is 31.1 Å². The molecule has 128 valence electrons. The summed E-state index contributed by atoms with van der Waals surface area (Å²) >= 11 is 0. The topological polar surface area (TPSA) is 81.9 Å². The normalized spacial score (nSPS) is 16.6. The van der Waals surface area contributed by atoms with Gasteiger partial charge in [-0.05, 0) is 38.5 Å². The molecule has 0 radical (unpaired) electrons. The van der Waals surface area contributed by atoms with Gasteiger partial charge in [0, 0.05) is 30.4 Å². The number of nitrogens with zero attached hydrogens (tertiary/aromatic N) is 4. The number of rotatable bonds is 3. The zero-order valence-corrected chi connectivity index (χ0v) is 14.1. The van der Waals surface area contributed by atoms with Gasteiger partial charge in [0.1, 0.15) is 11.6 Å². The maximum atomic E-state index is 14.4. The number of hydrogen-bond donors (Lipinski definition) is 1. The number of carbonyl (C=O) groups excluding carboxylic acids is 1. The van der Waals surface area contributed by atoms with Crippen LogP contribution in [0.3, 0.4) is 0 Å². The second-order valence-corrected chi connectivity index (χ2v) is 6.14. The molecule has 1 amide bonds. The first-order valence-electron chi connectivity index (χ1n) is 8.04. The second kappa shape index (κ2) is 6.85. The van der Waals surface area contributed by atoms with E-state index in [2.05, 4.69) is 15.3 Å². The quantitative estimate of drug-likeness (QED) is 0.867. The van der Waals surface area contributed by atoms with Crippen molar-refractivity contribution in [1.82, 2.24) is 20.2 Å². The van der Waals surface area contributed by atoms with Gasteiger partial charge in [-0.2, -0.15) is 5.26 Å². The Balaban J connectivity index is 1.78. The van der Waals surface area contributed by atoms with E-state index >= 15 is 0 Å².